The van der Waals surface area contributed by atoms with E-state index >= 15 is 0 Å². The Bertz CT molecular complexity index is 864. The predicted octanol–water partition coefficient (Wildman–Crippen LogP) is 2.48. The Morgan fingerprint density at radius 3 is 2.62 bits per heavy atom. The van der Waals surface area contributed by atoms with E-state index < -0.39 is 17.8 Å². The normalized spacial score (nSPS) is 16.7. The van der Waals surface area contributed by atoms with Crippen LogP contribution in [-0.4, -0.2) is 22.4 Å². The number of hydrogen-bond acceptors (Lipinski definition) is 3. The average molecular weight is 323 g/mol. The van der Waals surface area contributed by atoms with Crippen molar-refractivity contribution in [2.75, 3.05) is 4.90 Å². The van der Waals surface area contributed by atoms with Crippen LogP contribution in [0.5, 0.6) is 0 Å². The molecule has 1 saturated heterocycles. The highest BCUT2D eigenvalue weighted by Gasteiger charge is 2.36. The van der Waals surface area contributed by atoms with Crippen molar-refractivity contribution in [3.63, 3.8) is 0 Å². The minimum atomic E-state index is -0.737. The zero-order valence-electron chi connectivity index (χ0n) is 13.4. The summed E-state index contributed by atoms with van der Waals surface area (Å²) >= 11 is 0. The van der Waals surface area contributed by atoms with E-state index in [1.165, 1.54) is 6.08 Å². The molecule has 0 radical (unpaired) electrons. The van der Waals surface area contributed by atoms with Gasteiger partial charge in [0.2, 0.25) is 0 Å². The summed E-state index contributed by atoms with van der Waals surface area (Å²) < 4.78 is 1.90. The standard InChI is InChI=1S/C18H17N3O3/c1-3-20-9-5-8-13(20)11-15-16(22)19-18(24)21(17(15)23)14-7-4-6-12(2)10-14/h4-11H,3H2,1-2H3,(H,19,22,24)/b15-11+. The van der Waals surface area contributed by atoms with Crippen LogP contribution < -0.4 is 10.2 Å². The summed E-state index contributed by atoms with van der Waals surface area (Å²) in [6.45, 7) is 4.54. The monoisotopic (exact) mass is 323 g/mol. The molecule has 0 bridgehead atoms. The summed E-state index contributed by atoms with van der Waals surface area (Å²) in [5.41, 5.74) is 2.01. The minimum absolute atomic E-state index is 0.0653. The molecule has 6 heteroatoms. The average Bonchev–Trinajstić information content (AvgIpc) is 2.98. The van der Waals surface area contributed by atoms with E-state index in [1.807, 2.05) is 42.8 Å². The van der Waals surface area contributed by atoms with Crippen LogP contribution in [0.15, 0.2) is 48.2 Å². The zero-order chi connectivity index (χ0) is 17.3. The van der Waals surface area contributed by atoms with E-state index in [1.54, 1.807) is 18.2 Å². The number of anilines is 1. The Kier molecular flexibility index (Phi) is 4.04. The zero-order valence-corrected chi connectivity index (χ0v) is 13.4. The van der Waals surface area contributed by atoms with Gasteiger partial charge in [-0.3, -0.25) is 14.9 Å². The fourth-order valence-corrected chi connectivity index (χ4v) is 2.65. The maximum Gasteiger partial charge on any atom is 0.335 e. The second kappa shape index (κ2) is 6.16. The van der Waals surface area contributed by atoms with Crippen LogP contribution in [0.4, 0.5) is 10.5 Å². The number of aryl methyl sites for hydroxylation is 2. The molecule has 1 aromatic carbocycles. The maximum absolute atomic E-state index is 12.8. The number of nitrogens with zero attached hydrogens (tertiary/aromatic N) is 2. The van der Waals surface area contributed by atoms with Gasteiger partial charge >= 0.3 is 6.03 Å². The number of rotatable bonds is 3. The molecule has 24 heavy (non-hydrogen) atoms. The van der Waals surface area contributed by atoms with Crippen molar-refractivity contribution in [1.29, 1.82) is 0 Å². The molecule has 6 nitrogen and oxygen atoms in total. The van der Waals surface area contributed by atoms with Gasteiger partial charge in [-0.15, -0.1) is 0 Å². The van der Waals surface area contributed by atoms with Gasteiger partial charge in [0, 0.05) is 18.4 Å². The molecule has 2 aromatic rings. The molecule has 0 aliphatic carbocycles. The Hall–Kier alpha value is -3.15. The Labute approximate surface area is 139 Å². The van der Waals surface area contributed by atoms with Crippen LogP contribution in [0.2, 0.25) is 0 Å². The third-order valence-electron chi connectivity index (χ3n) is 3.86. The molecule has 1 fully saturated rings. The molecule has 0 saturated carbocycles. The molecule has 1 N–H and O–H groups in total. The highest BCUT2D eigenvalue weighted by Crippen LogP contribution is 2.22. The van der Waals surface area contributed by atoms with Crippen LogP contribution in [-0.2, 0) is 16.1 Å². The number of barbiturate groups is 1. The van der Waals surface area contributed by atoms with Crippen LogP contribution in [0, 0.1) is 6.92 Å². The Morgan fingerprint density at radius 1 is 1.12 bits per heavy atom. The number of imide groups is 2. The summed E-state index contributed by atoms with van der Waals surface area (Å²) in [5.74, 6) is -1.31. The number of carbonyl (C=O) groups is 3. The van der Waals surface area contributed by atoms with Crippen LogP contribution >= 0.6 is 0 Å². The van der Waals surface area contributed by atoms with Gasteiger partial charge in [-0.2, -0.15) is 0 Å². The topological polar surface area (TPSA) is 71.4 Å². The third-order valence-corrected chi connectivity index (χ3v) is 3.86. The van der Waals surface area contributed by atoms with Gasteiger partial charge in [0.1, 0.15) is 5.57 Å². The van der Waals surface area contributed by atoms with Crippen LogP contribution in [0.1, 0.15) is 18.2 Å². The molecule has 122 valence electrons. The van der Waals surface area contributed by atoms with E-state index in [2.05, 4.69) is 5.32 Å². The van der Waals surface area contributed by atoms with Crippen molar-refractivity contribution < 1.29 is 14.4 Å². The fraction of sp³-hybridized carbons (Fsp3) is 0.167. The summed E-state index contributed by atoms with van der Waals surface area (Å²) in [4.78, 5) is 38.0. The number of urea groups is 1. The lowest BCUT2D eigenvalue weighted by Gasteiger charge is -2.26. The van der Waals surface area contributed by atoms with E-state index in [4.69, 9.17) is 0 Å². The summed E-state index contributed by atoms with van der Waals surface area (Å²) in [5, 5.41) is 2.23. The number of nitrogens with one attached hydrogen (secondary N) is 1. The minimum Gasteiger partial charge on any atom is -0.348 e. The Morgan fingerprint density at radius 2 is 1.92 bits per heavy atom. The van der Waals surface area contributed by atoms with Crippen molar-refractivity contribution in [2.45, 2.75) is 20.4 Å². The number of amides is 4. The van der Waals surface area contributed by atoms with Crippen LogP contribution in [0.3, 0.4) is 0 Å². The molecule has 4 amide bonds. The molecule has 0 unspecified atom stereocenters. The van der Waals surface area contributed by atoms with E-state index in [0.29, 0.717) is 12.2 Å². The summed E-state index contributed by atoms with van der Waals surface area (Å²) in [7, 11) is 0. The number of carbonyl (C=O) groups excluding carboxylic acids is 3. The molecular formula is C18H17N3O3. The third kappa shape index (κ3) is 2.74. The Balaban J connectivity index is 2.03. The molecule has 1 aliphatic rings. The van der Waals surface area contributed by atoms with Gasteiger partial charge in [0.15, 0.2) is 0 Å². The molecule has 1 aliphatic heterocycles. The van der Waals surface area contributed by atoms with Gasteiger partial charge in [0.05, 0.1) is 5.69 Å². The van der Waals surface area contributed by atoms with Crippen molar-refractivity contribution >= 4 is 29.6 Å². The van der Waals surface area contributed by atoms with E-state index in [0.717, 1.165) is 16.2 Å². The van der Waals surface area contributed by atoms with E-state index in [-0.39, 0.29) is 5.57 Å². The predicted molar refractivity (Wildman–Crippen MR) is 90.3 cm³/mol. The molecule has 0 spiro atoms. The smallest absolute Gasteiger partial charge is 0.335 e. The maximum atomic E-state index is 12.8. The van der Waals surface area contributed by atoms with Crippen molar-refractivity contribution in [3.8, 4) is 0 Å². The SMILES string of the molecule is CCn1cccc1/C=C1\C(=O)NC(=O)N(c2cccc(C)c2)C1=O. The van der Waals surface area contributed by atoms with Crippen molar-refractivity contribution in [2.24, 2.45) is 0 Å². The number of hydrogen-bond donors (Lipinski definition) is 1. The summed E-state index contributed by atoms with van der Waals surface area (Å²) in [6, 6.07) is 9.92. The van der Waals surface area contributed by atoms with Crippen molar-refractivity contribution in [3.05, 3.63) is 59.4 Å². The lowest BCUT2D eigenvalue weighted by atomic mass is 10.1. The first-order valence-electron chi connectivity index (χ1n) is 7.64. The van der Waals surface area contributed by atoms with Crippen LogP contribution in [0.25, 0.3) is 6.08 Å². The first-order valence-corrected chi connectivity index (χ1v) is 7.64. The van der Waals surface area contributed by atoms with Gasteiger partial charge in [0.25, 0.3) is 11.8 Å². The van der Waals surface area contributed by atoms with Gasteiger partial charge < -0.3 is 4.57 Å². The molecule has 3 rings (SSSR count). The molecule has 1 aromatic heterocycles. The quantitative estimate of drug-likeness (QED) is 0.697. The fourth-order valence-electron chi connectivity index (χ4n) is 2.65. The van der Waals surface area contributed by atoms with Gasteiger partial charge in [-0.25, -0.2) is 9.69 Å². The first kappa shape index (κ1) is 15.7. The number of aromatic nitrogens is 1. The number of benzene rings is 1. The lowest BCUT2D eigenvalue weighted by Crippen LogP contribution is -2.54. The summed E-state index contributed by atoms with van der Waals surface area (Å²) in [6.07, 6.45) is 3.37. The molecular weight excluding hydrogens is 306 g/mol. The molecule has 2 heterocycles. The van der Waals surface area contributed by atoms with E-state index in [9.17, 15) is 14.4 Å². The molecule has 0 atom stereocenters. The second-order valence-electron chi connectivity index (χ2n) is 5.52. The largest absolute Gasteiger partial charge is 0.348 e. The van der Waals surface area contributed by atoms with Gasteiger partial charge in [-0.1, -0.05) is 12.1 Å². The highest BCUT2D eigenvalue weighted by molar-refractivity contribution is 6.39. The lowest BCUT2D eigenvalue weighted by molar-refractivity contribution is -0.122. The second-order valence-corrected chi connectivity index (χ2v) is 5.52. The highest BCUT2D eigenvalue weighted by atomic mass is 16.2. The first-order chi connectivity index (χ1) is 11.5. The van der Waals surface area contributed by atoms with Gasteiger partial charge in [-0.05, 0) is 49.8 Å². The van der Waals surface area contributed by atoms with Crippen molar-refractivity contribution in [1.82, 2.24) is 9.88 Å².